The van der Waals surface area contributed by atoms with E-state index in [-0.39, 0.29) is 38.0 Å². The molecule has 0 amide bonds. The first-order chi connectivity index (χ1) is 16.2. The fourth-order valence-corrected chi connectivity index (χ4v) is 4.47. The van der Waals surface area contributed by atoms with E-state index >= 15 is 0 Å². The first-order valence-corrected chi connectivity index (χ1v) is 11.7. The van der Waals surface area contributed by atoms with Gasteiger partial charge in [0.05, 0.1) is 32.6 Å². The topological polar surface area (TPSA) is 180 Å². The van der Waals surface area contributed by atoms with Gasteiger partial charge in [0.2, 0.25) is 0 Å². The Morgan fingerprint density at radius 3 is 2.59 bits per heavy atom. The standard InChI is InChI=1S/C21H30N2O10S/c1-11(25)21(2)10-34-19(23-21)15-13(26)7-12(8-22-15)31-5-3-30-4-6-32-20-18(29)17(28)16(27)14(9-24)33-20/h7-8,14,16-18,20,24,26-29H,3-6,9-10H2,1-2H3/t14?,16-,17?,18+,20+,21+/m0/s1. The van der Waals surface area contributed by atoms with Gasteiger partial charge in [-0.2, -0.15) is 0 Å². The van der Waals surface area contributed by atoms with Gasteiger partial charge in [-0.15, -0.1) is 11.8 Å². The van der Waals surface area contributed by atoms with Crippen LogP contribution in [0.15, 0.2) is 17.3 Å². The third kappa shape index (κ3) is 6.23. The summed E-state index contributed by atoms with van der Waals surface area (Å²) in [5.74, 6) is 0.674. The Morgan fingerprint density at radius 2 is 1.94 bits per heavy atom. The highest BCUT2D eigenvalue weighted by atomic mass is 32.2. The van der Waals surface area contributed by atoms with Crippen molar-refractivity contribution in [2.45, 2.75) is 50.1 Å². The molecule has 3 heterocycles. The number of aliphatic hydroxyl groups excluding tert-OH is 4. The molecule has 2 aliphatic heterocycles. The van der Waals surface area contributed by atoms with E-state index < -0.39 is 42.9 Å². The van der Waals surface area contributed by atoms with Crippen LogP contribution >= 0.6 is 11.8 Å². The number of aliphatic imine (C=N–C) groups is 1. The van der Waals surface area contributed by atoms with Gasteiger partial charge in [0.25, 0.3) is 0 Å². The second kappa shape index (κ2) is 11.7. The summed E-state index contributed by atoms with van der Waals surface area (Å²) in [6.45, 7) is 3.22. The number of ketones is 1. The molecule has 6 atom stereocenters. The summed E-state index contributed by atoms with van der Waals surface area (Å²) in [6.07, 6.45) is -5.20. The summed E-state index contributed by atoms with van der Waals surface area (Å²) >= 11 is 1.36. The Morgan fingerprint density at radius 1 is 1.21 bits per heavy atom. The molecule has 0 aliphatic carbocycles. The van der Waals surface area contributed by atoms with Crippen LogP contribution in [-0.2, 0) is 19.0 Å². The zero-order valence-corrected chi connectivity index (χ0v) is 19.7. The van der Waals surface area contributed by atoms with E-state index in [1.807, 2.05) is 0 Å². The summed E-state index contributed by atoms with van der Waals surface area (Å²) in [5.41, 5.74) is -0.517. The molecule has 190 valence electrons. The van der Waals surface area contributed by atoms with Gasteiger partial charge in [0.1, 0.15) is 58.8 Å². The first-order valence-electron chi connectivity index (χ1n) is 10.7. The molecule has 0 spiro atoms. The summed E-state index contributed by atoms with van der Waals surface area (Å²) < 4.78 is 21.4. The van der Waals surface area contributed by atoms with Gasteiger partial charge in [-0.1, -0.05) is 0 Å². The monoisotopic (exact) mass is 502 g/mol. The van der Waals surface area contributed by atoms with Gasteiger partial charge < -0.3 is 44.5 Å². The number of aliphatic hydroxyl groups is 4. The van der Waals surface area contributed by atoms with E-state index in [9.17, 15) is 25.2 Å². The lowest BCUT2D eigenvalue weighted by Crippen LogP contribution is -2.59. The number of aromatic hydroxyl groups is 1. The molecular formula is C21H30N2O10S. The maximum Gasteiger partial charge on any atom is 0.186 e. The van der Waals surface area contributed by atoms with Crippen LogP contribution < -0.4 is 4.74 Å². The maximum absolute atomic E-state index is 11.8. The number of ether oxygens (including phenoxy) is 4. The number of thioether (sulfide) groups is 1. The number of nitrogens with zero attached hydrogens (tertiary/aromatic N) is 2. The molecule has 3 rings (SSSR count). The molecule has 1 aromatic heterocycles. The number of Topliss-reactive ketones (excluding diaryl/α,β-unsaturated/α-hetero) is 1. The third-order valence-electron chi connectivity index (χ3n) is 5.50. The summed E-state index contributed by atoms with van der Waals surface area (Å²) in [5, 5.41) is 49.3. The van der Waals surface area contributed by atoms with Crippen molar-refractivity contribution in [3.8, 4) is 11.5 Å². The first kappa shape index (κ1) is 26.8. The minimum absolute atomic E-state index is 0.0265. The molecule has 0 bridgehead atoms. The number of hydrogen-bond donors (Lipinski definition) is 5. The quantitative estimate of drug-likeness (QED) is 0.229. The lowest BCUT2D eigenvalue weighted by atomic mass is 9.99. The van der Waals surface area contributed by atoms with E-state index in [0.29, 0.717) is 22.2 Å². The molecule has 12 nitrogen and oxygen atoms in total. The van der Waals surface area contributed by atoms with Crippen LogP contribution in [-0.4, -0.2) is 116 Å². The highest BCUT2D eigenvalue weighted by Crippen LogP contribution is 2.34. The number of aromatic nitrogens is 1. The fraction of sp³-hybridized carbons (Fsp3) is 0.667. The van der Waals surface area contributed by atoms with Crippen molar-refractivity contribution in [2.75, 3.05) is 38.8 Å². The van der Waals surface area contributed by atoms with E-state index in [4.69, 9.17) is 24.1 Å². The maximum atomic E-state index is 11.8. The molecule has 13 heteroatoms. The third-order valence-corrected chi connectivity index (χ3v) is 6.76. The Labute approximate surface area is 200 Å². The number of hydrogen-bond acceptors (Lipinski definition) is 13. The van der Waals surface area contributed by atoms with E-state index in [0.717, 1.165) is 0 Å². The second-order valence-corrected chi connectivity index (χ2v) is 9.07. The Balaban J connectivity index is 1.37. The smallest absolute Gasteiger partial charge is 0.186 e. The SMILES string of the molecule is CC(=O)[C@@]1(C)CSC(c2ncc(OCCOCCO[C@@H]3OC(CO)[C@H](O)C(O)[C@H]3O)cc2O)=N1. The number of rotatable bonds is 11. The number of carbonyl (C=O) groups is 1. The Kier molecular flexibility index (Phi) is 9.23. The molecule has 0 radical (unpaired) electrons. The minimum atomic E-state index is -1.50. The molecular weight excluding hydrogens is 472 g/mol. The largest absolute Gasteiger partial charge is 0.505 e. The van der Waals surface area contributed by atoms with Crippen LogP contribution in [0.5, 0.6) is 11.5 Å². The molecule has 1 fully saturated rings. The van der Waals surface area contributed by atoms with Crippen LogP contribution in [0, 0.1) is 0 Å². The highest BCUT2D eigenvalue weighted by Gasteiger charge is 2.44. The zero-order valence-electron chi connectivity index (χ0n) is 18.9. The average molecular weight is 503 g/mol. The van der Waals surface area contributed by atoms with Gasteiger partial charge in [0.15, 0.2) is 12.1 Å². The van der Waals surface area contributed by atoms with Crippen molar-refractivity contribution in [3.05, 3.63) is 18.0 Å². The van der Waals surface area contributed by atoms with Gasteiger partial charge in [-0.3, -0.25) is 9.79 Å². The van der Waals surface area contributed by atoms with Crippen molar-refractivity contribution in [3.63, 3.8) is 0 Å². The van der Waals surface area contributed by atoms with Crippen LogP contribution in [0.4, 0.5) is 0 Å². The van der Waals surface area contributed by atoms with Crippen LogP contribution in [0.1, 0.15) is 19.5 Å². The zero-order chi connectivity index (χ0) is 24.9. The molecule has 1 saturated heterocycles. The molecule has 1 aromatic rings. The van der Waals surface area contributed by atoms with Crippen LogP contribution in [0.25, 0.3) is 0 Å². The van der Waals surface area contributed by atoms with Gasteiger partial charge in [0, 0.05) is 11.8 Å². The molecule has 2 unspecified atom stereocenters. The normalized spacial score (nSPS) is 31.4. The lowest BCUT2D eigenvalue weighted by molar-refractivity contribution is -0.302. The van der Waals surface area contributed by atoms with Crippen molar-refractivity contribution >= 4 is 22.6 Å². The minimum Gasteiger partial charge on any atom is -0.505 e. The molecule has 0 saturated carbocycles. The van der Waals surface area contributed by atoms with Crippen molar-refractivity contribution in [2.24, 2.45) is 4.99 Å². The average Bonchev–Trinajstić information content (AvgIpc) is 3.21. The summed E-state index contributed by atoms with van der Waals surface area (Å²) in [4.78, 5) is 20.4. The molecule has 0 aromatic carbocycles. The molecule has 34 heavy (non-hydrogen) atoms. The van der Waals surface area contributed by atoms with Crippen molar-refractivity contribution in [1.82, 2.24) is 4.98 Å². The van der Waals surface area contributed by atoms with E-state index in [2.05, 4.69) is 9.98 Å². The van der Waals surface area contributed by atoms with Crippen LogP contribution in [0.3, 0.4) is 0 Å². The Hall–Kier alpha value is -1.84. The fourth-order valence-electron chi connectivity index (χ4n) is 3.23. The lowest BCUT2D eigenvalue weighted by Gasteiger charge is -2.39. The van der Waals surface area contributed by atoms with E-state index in [1.165, 1.54) is 30.9 Å². The predicted molar refractivity (Wildman–Crippen MR) is 120 cm³/mol. The van der Waals surface area contributed by atoms with Crippen LogP contribution in [0.2, 0.25) is 0 Å². The highest BCUT2D eigenvalue weighted by molar-refractivity contribution is 8.14. The van der Waals surface area contributed by atoms with Gasteiger partial charge in [-0.05, 0) is 13.8 Å². The van der Waals surface area contributed by atoms with Gasteiger partial charge in [-0.25, -0.2) is 4.98 Å². The molecule has 2 aliphatic rings. The summed E-state index contributed by atoms with van der Waals surface area (Å²) in [6, 6.07) is 1.41. The van der Waals surface area contributed by atoms with Crippen molar-refractivity contribution in [1.29, 1.82) is 0 Å². The Bertz CT molecular complexity index is 885. The van der Waals surface area contributed by atoms with Crippen molar-refractivity contribution < 1.29 is 49.3 Å². The summed E-state index contributed by atoms with van der Waals surface area (Å²) in [7, 11) is 0. The molecule has 5 N–H and O–H groups in total. The van der Waals surface area contributed by atoms with Gasteiger partial charge >= 0.3 is 0 Å². The number of carbonyl (C=O) groups excluding carboxylic acids is 1. The predicted octanol–water partition coefficient (Wildman–Crippen LogP) is -1.16. The second-order valence-electron chi connectivity index (χ2n) is 8.10. The van der Waals surface area contributed by atoms with E-state index in [1.54, 1.807) is 6.92 Å². The number of pyridine rings is 1.